The molecule has 0 amide bonds. The summed E-state index contributed by atoms with van der Waals surface area (Å²) in [5.74, 6) is 0.00841. The van der Waals surface area contributed by atoms with Crippen molar-refractivity contribution in [3.8, 4) is 0 Å². The minimum atomic E-state index is -1.48. The summed E-state index contributed by atoms with van der Waals surface area (Å²) in [5, 5.41) is 0. The Morgan fingerprint density at radius 2 is 1.95 bits per heavy atom. The van der Waals surface area contributed by atoms with Gasteiger partial charge in [0.05, 0.1) is 12.2 Å². The molecule has 0 heterocycles. The molecule has 0 spiro atoms. The smallest absolute Gasteiger partial charge is 0.159 e. The minimum absolute atomic E-state index is 0.0338. The number of thioether (sulfide) groups is 1. The fourth-order valence-corrected chi connectivity index (χ4v) is 2.25. The predicted molar refractivity (Wildman–Crippen MR) is 72.1 cm³/mol. The van der Waals surface area contributed by atoms with Gasteiger partial charge in [0.2, 0.25) is 0 Å². The number of ketones is 2. The van der Waals surface area contributed by atoms with Gasteiger partial charge in [0.1, 0.15) is 11.6 Å². The van der Waals surface area contributed by atoms with Gasteiger partial charge in [-0.1, -0.05) is 12.1 Å². The molecule has 0 bridgehead atoms. The highest BCUT2D eigenvalue weighted by atomic mass is 32.2. The number of carbonyl (C=O) groups excluding carboxylic acids is 3. The zero-order chi connectivity index (χ0) is 14.3. The Hall–Kier alpha value is -1.49. The summed E-state index contributed by atoms with van der Waals surface area (Å²) in [7, 11) is 0. The topological polar surface area (TPSA) is 51.2 Å². The second-order valence-corrected chi connectivity index (χ2v) is 5.26. The summed E-state index contributed by atoms with van der Waals surface area (Å²) in [4.78, 5) is 33.2. The maximum absolute atomic E-state index is 12.8. The van der Waals surface area contributed by atoms with E-state index in [1.165, 1.54) is 18.7 Å². The number of rotatable bonds is 8. The molecule has 0 aliphatic carbocycles. The van der Waals surface area contributed by atoms with Crippen LogP contribution >= 0.6 is 11.8 Å². The molecule has 0 N–H and O–H groups in total. The van der Waals surface area contributed by atoms with Crippen LogP contribution in [0.4, 0.5) is 4.39 Å². The van der Waals surface area contributed by atoms with Crippen molar-refractivity contribution in [1.82, 2.24) is 0 Å². The maximum Gasteiger partial charge on any atom is 0.159 e. The molecule has 0 radical (unpaired) electrons. The lowest BCUT2D eigenvalue weighted by molar-refractivity contribution is -0.124. The van der Waals surface area contributed by atoms with Crippen molar-refractivity contribution in [2.45, 2.75) is 30.8 Å². The standard InChI is InChI=1S/C14H15FO3S/c1-10(17)6-13(18)9-19-14-4-2-11(3-5-14)7-12(15)8-16/h2-5,8,12H,6-7,9H2,1H3. The molecule has 0 saturated heterocycles. The number of benzene rings is 1. The van der Waals surface area contributed by atoms with Gasteiger partial charge >= 0.3 is 0 Å². The third-order valence-electron chi connectivity index (χ3n) is 2.35. The molecular formula is C14H15FO3S. The monoisotopic (exact) mass is 282 g/mol. The van der Waals surface area contributed by atoms with Gasteiger partial charge < -0.3 is 4.79 Å². The van der Waals surface area contributed by atoms with Crippen molar-refractivity contribution in [2.75, 3.05) is 5.75 Å². The Morgan fingerprint density at radius 3 is 2.47 bits per heavy atom. The molecule has 1 unspecified atom stereocenters. The molecule has 1 atom stereocenters. The van der Waals surface area contributed by atoms with Gasteiger partial charge in [-0.25, -0.2) is 4.39 Å². The van der Waals surface area contributed by atoms with E-state index >= 15 is 0 Å². The average molecular weight is 282 g/mol. The normalized spacial score (nSPS) is 11.9. The van der Waals surface area contributed by atoms with Crippen LogP contribution < -0.4 is 0 Å². The summed E-state index contributed by atoms with van der Waals surface area (Å²) in [6.07, 6.45) is -1.16. The van der Waals surface area contributed by atoms with Crippen LogP contribution in [0.15, 0.2) is 29.2 Å². The molecule has 102 valence electrons. The lowest BCUT2D eigenvalue weighted by atomic mass is 10.1. The van der Waals surface area contributed by atoms with E-state index in [4.69, 9.17) is 0 Å². The van der Waals surface area contributed by atoms with Gasteiger partial charge in [-0.3, -0.25) is 9.59 Å². The van der Waals surface area contributed by atoms with E-state index in [-0.39, 0.29) is 36.4 Å². The van der Waals surface area contributed by atoms with E-state index < -0.39 is 6.17 Å². The summed E-state index contributed by atoms with van der Waals surface area (Å²) in [5.41, 5.74) is 0.735. The van der Waals surface area contributed by atoms with E-state index in [1.807, 2.05) is 0 Å². The van der Waals surface area contributed by atoms with E-state index in [9.17, 15) is 18.8 Å². The van der Waals surface area contributed by atoms with Crippen LogP contribution in [0.2, 0.25) is 0 Å². The Balaban J connectivity index is 2.46. The fourth-order valence-electron chi connectivity index (χ4n) is 1.49. The van der Waals surface area contributed by atoms with Gasteiger partial charge in [-0.15, -0.1) is 11.8 Å². The van der Waals surface area contributed by atoms with Crippen molar-refractivity contribution in [2.24, 2.45) is 0 Å². The van der Waals surface area contributed by atoms with Crippen LogP contribution in [-0.2, 0) is 20.8 Å². The highest BCUT2D eigenvalue weighted by Gasteiger charge is 2.08. The molecule has 0 saturated carbocycles. The predicted octanol–water partition coefficient (Wildman–Crippen LogP) is 2.41. The third kappa shape index (κ3) is 6.29. The van der Waals surface area contributed by atoms with Gasteiger partial charge in [-0.05, 0) is 24.6 Å². The van der Waals surface area contributed by atoms with E-state index in [0.29, 0.717) is 0 Å². The van der Waals surface area contributed by atoms with Crippen LogP contribution in [0.5, 0.6) is 0 Å². The fraction of sp³-hybridized carbons (Fsp3) is 0.357. The lowest BCUT2D eigenvalue weighted by Crippen LogP contribution is -2.07. The number of carbonyl (C=O) groups is 3. The molecular weight excluding hydrogens is 267 g/mol. The molecule has 1 aromatic carbocycles. The first-order valence-electron chi connectivity index (χ1n) is 5.83. The Labute approximate surface area is 115 Å². The van der Waals surface area contributed by atoms with Crippen LogP contribution in [0.1, 0.15) is 18.9 Å². The molecule has 1 aromatic rings. The summed E-state index contributed by atoms with van der Waals surface area (Å²) in [6.45, 7) is 1.39. The Morgan fingerprint density at radius 1 is 1.32 bits per heavy atom. The average Bonchev–Trinajstić information content (AvgIpc) is 2.37. The highest BCUT2D eigenvalue weighted by Crippen LogP contribution is 2.19. The van der Waals surface area contributed by atoms with Gasteiger partial charge in [0, 0.05) is 11.3 Å². The van der Waals surface area contributed by atoms with Gasteiger partial charge in [-0.2, -0.15) is 0 Å². The minimum Gasteiger partial charge on any atom is -0.300 e. The summed E-state index contributed by atoms with van der Waals surface area (Å²) in [6, 6.07) is 7.01. The highest BCUT2D eigenvalue weighted by molar-refractivity contribution is 8.00. The van der Waals surface area contributed by atoms with Crippen molar-refractivity contribution in [3.05, 3.63) is 29.8 Å². The summed E-state index contributed by atoms with van der Waals surface area (Å²) >= 11 is 1.34. The quantitative estimate of drug-likeness (QED) is 0.417. The SMILES string of the molecule is CC(=O)CC(=O)CSc1ccc(CC(F)C=O)cc1. The summed E-state index contributed by atoms with van der Waals surface area (Å²) < 4.78 is 12.8. The second kappa shape index (κ2) is 7.84. The van der Waals surface area contributed by atoms with Crippen molar-refractivity contribution in [1.29, 1.82) is 0 Å². The van der Waals surface area contributed by atoms with E-state index in [1.54, 1.807) is 24.3 Å². The van der Waals surface area contributed by atoms with Crippen molar-refractivity contribution >= 4 is 29.6 Å². The molecule has 0 aromatic heterocycles. The first-order chi connectivity index (χ1) is 9.01. The maximum atomic E-state index is 12.8. The molecule has 19 heavy (non-hydrogen) atoms. The zero-order valence-electron chi connectivity index (χ0n) is 10.6. The molecule has 0 aliphatic heterocycles. The van der Waals surface area contributed by atoms with Crippen LogP contribution in [0, 0.1) is 0 Å². The van der Waals surface area contributed by atoms with Crippen LogP contribution in [0.25, 0.3) is 0 Å². The van der Waals surface area contributed by atoms with Crippen LogP contribution in [-0.4, -0.2) is 29.8 Å². The number of hydrogen-bond donors (Lipinski definition) is 0. The molecule has 1 rings (SSSR count). The second-order valence-electron chi connectivity index (χ2n) is 4.21. The first-order valence-corrected chi connectivity index (χ1v) is 6.82. The number of aldehydes is 1. The largest absolute Gasteiger partial charge is 0.300 e. The Bertz CT molecular complexity index is 456. The van der Waals surface area contributed by atoms with Crippen LogP contribution in [0.3, 0.4) is 0 Å². The molecule has 3 nitrogen and oxygen atoms in total. The molecule has 0 fully saturated rings. The third-order valence-corrected chi connectivity index (χ3v) is 3.42. The number of Topliss-reactive ketones (excluding diaryl/α,β-unsaturated/α-hetero) is 2. The zero-order valence-corrected chi connectivity index (χ0v) is 11.4. The lowest BCUT2D eigenvalue weighted by Gasteiger charge is -2.04. The number of alkyl halides is 1. The molecule has 5 heteroatoms. The van der Waals surface area contributed by atoms with Gasteiger partial charge in [0.15, 0.2) is 12.5 Å². The first kappa shape index (κ1) is 15.6. The number of halogens is 1. The van der Waals surface area contributed by atoms with E-state index in [0.717, 1.165) is 10.5 Å². The molecule has 0 aliphatic rings. The van der Waals surface area contributed by atoms with E-state index in [2.05, 4.69) is 0 Å². The number of hydrogen-bond acceptors (Lipinski definition) is 4. The van der Waals surface area contributed by atoms with Crippen molar-refractivity contribution in [3.63, 3.8) is 0 Å². The Kier molecular flexibility index (Phi) is 6.42. The van der Waals surface area contributed by atoms with Crippen molar-refractivity contribution < 1.29 is 18.8 Å². The van der Waals surface area contributed by atoms with Gasteiger partial charge in [0.25, 0.3) is 0 Å².